The van der Waals surface area contributed by atoms with Gasteiger partial charge in [-0.05, 0) is 98.5 Å². The summed E-state index contributed by atoms with van der Waals surface area (Å²) in [5.41, 5.74) is -0.920. The number of hydroxylamine groups is 2. The summed E-state index contributed by atoms with van der Waals surface area (Å²) in [6, 6.07) is 7.07. The molecule has 0 bridgehead atoms. The van der Waals surface area contributed by atoms with Gasteiger partial charge in [0, 0.05) is 37.0 Å². The number of nitrogens with zero attached hydrogens (tertiary/aromatic N) is 2. The van der Waals surface area contributed by atoms with E-state index in [4.69, 9.17) is 9.47 Å². The van der Waals surface area contributed by atoms with Crippen LogP contribution in [0.2, 0.25) is 0 Å². The number of piperidine rings is 1. The van der Waals surface area contributed by atoms with E-state index >= 15 is 0 Å². The summed E-state index contributed by atoms with van der Waals surface area (Å²) in [5, 5.41) is 30.0. The van der Waals surface area contributed by atoms with Crippen molar-refractivity contribution in [3.63, 3.8) is 0 Å². The summed E-state index contributed by atoms with van der Waals surface area (Å²) < 4.78 is 11.1. The Balaban J connectivity index is 1.64. The maximum atomic E-state index is 14.2. The van der Waals surface area contributed by atoms with Crippen LogP contribution in [0.15, 0.2) is 42.5 Å². The van der Waals surface area contributed by atoms with E-state index in [0.29, 0.717) is 45.1 Å². The van der Waals surface area contributed by atoms with Crippen LogP contribution in [0.1, 0.15) is 113 Å². The molecule has 2 fully saturated rings. The third kappa shape index (κ3) is 14.4. The van der Waals surface area contributed by atoms with Gasteiger partial charge in [-0.25, -0.2) is 14.4 Å². The van der Waals surface area contributed by atoms with Gasteiger partial charge in [-0.15, -0.1) is 0 Å². The van der Waals surface area contributed by atoms with Crippen molar-refractivity contribution in [2.75, 3.05) is 13.1 Å². The van der Waals surface area contributed by atoms with Crippen molar-refractivity contribution in [2.24, 2.45) is 11.8 Å². The van der Waals surface area contributed by atoms with Gasteiger partial charge in [-0.2, -0.15) is 5.06 Å². The number of hydrogen-bond acceptors (Lipinski definition) is 9. The summed E-state index contributed by atoms with van der Waals surface area (Å²) in [6.07, 6.45) is 5.17. The Kier molecular flexibility index (Phi) is 16.1. The van der Waals surface area contributed by atoms with Gasteiger partial charge in [0.05, 0.1) is 12.0 Å². The van der Waals surface area contributed by atoms with E-state index < -0.39 is 70.9 Å². The monoisotopic (exact) mass is 771 g/mol. The number of benzene rings is 1. The molecular formula is C41H65N5O9. The number of hydrogen-bond donors (Lipinski definition) is 5. The number of carbonyl (C=O) groups excluding carboxylic acids is 4. The van der Waals surface area contributed by atoms with Crippen LogP contribution in [-0.4, -0.2) is 104 Å². The smallest absolute Gasteiger partial charge is 0.408 e. The highest BCUT2D eigenvalue weighted by molar-refractivity contribution is 5.92. The number of rotatable bonds is 16. The molecule has 4 amide bonds. The average molecular weight is 772 g/mol. The summed E-state index contributed by atoms with van der Waals surface area (Å²) in [4.78, 5) is 66.8. The van der Waals surface area contributed by atoms with Crippen LogP contribution in [0, 0.1) is 11.8 Å². The first kappa shape index (κ1) is 45.2. The molecular weight excluding hydrogens is 706 g/mol. The number of alkyl carbamates (subject to hydrolysis) is 2. The molecule has 3 rings (SSSR count). The standard InChI is InChI=1S/C41H65N5O9/c1-27(2)23-30(43-38(52)55-39(3,4)5)20-19-29(24-28-15-11-10-12-16-28)35(48)45-22-14-18-33(45)34(47)44-32(36(49)50)17-13-21-42-37(51)54-31-25-40(6,7)46(53)41(8,9)26-31/h10-12,15-16,19-20,27,29-33,53H,13-14,17-18,21-26H2,1-9H3,(H,42,51)(H,43,52)(H,44,47)(H,49,50)/b20-19+/t29-,30-,32+,33+/m1/s1. The minimum Gasteiger partial charge on any atom is -0.480 e. The first-order valence-electron chi connectivity index (χ1n) is 19.6. The molecule has 0 unspecified atom stereocenters. The zero-order chi connectivity index (χ0) is 41.1. The first-order valence-corrected chi connectivity index (χ1v) is 19.6. The maximum Gasteiger partial charge on any atom is 0.408 e. The largest absolute Gasteiger partial charge is 0.480 e. The van der Waals surface area contributed by atoms with E-state index in [1.807, 2.05) is 78.0 Å². The number of carbonyl (C=O) groups is 5. The third-order valence-corrected chi connectivity index (χ3v) is 9.89. The number of carboxylic acids is 1. The predicted molar refractivity (Wildman–Crippen MR) is 208 cm³/mol. The molecule has 14 nitrogen and oxygen atoms in total. The van der Waals surface area contributed by atoms with Gasteiger partial charge in [0.15, 0.2) is 0 Å². The molecule has 0 aliphatic carbocycles. The van der Waals surface area contributed by atoms with Crippen LogP contribution >= 0.6 is 0 Å². The summed E-state index contributed by atoms with van der Waals surface area (Å²) >= 11 is 0. The second-order valence-electron chi connectivity index (χ2n) is 17.6. The van der Waals surface area contributed by atoms with Gasteiger partial charge in [0.25, 0.3) is 0 Å². The third-order valence-electron chi connectivity index (χ3n) is 9.89. The summed E-state index contributed by atoms with van der Waals surface area (Å²) in [6.45, 7) is 17.4. The molecule has 1 aromatic carbocycles. The van der Waals surface area contributed by atoms with Crippen molar-refractivity contribution in [1.82, 2.24) is 25.9 Å². The zero-order valence-electron chi connectivity index (χ0n) is 34.2. The molecule has 0 spiro atoms. The molecule has 0 radical (unpaired) electrons. The number of nitrogens with one attached hydrogen (secondary N) is 3. The summed E-state index contributed by atoms with van der Waals surface area (Å²) in [5.74, 6) is -2.43. The molecule has 55 heavy (non-hydrogen) atoms. The van der Waals surface area contributed by atoms with Crippen molar-refractivity contribution in [2.45, 2.75) is 155 Å². The Hall–Kier alpha value is -4.17. The number of likely N-dealkylation sites (tertiary alicyclic amines) is 1. The van der Waals surface area contributed by atoms with Crippen LogP contribution in [-0.2, 0) is 30.3 Å². The van der Waals surface area contributed by atoms with Crippen molar-refractivity contribution in [1.29, 1.82) is 0 Å². The van der Waals surface area contributed by atoms with Gasteiger partial charge in [0.2, 0.25) is 11.8 Å². The molecule has 2 aliphatic rings. The van der Waals surface area contributed by atoms with Gasteiger partial charge in [0.1, 0.15) is 23.8 Å². The molecule has 0 aromatic heterocycles. The predicted octanol–water partition coefficient (Wildman–Crippen LogP) is 5.82. The average Bonchev–Trinajstić information content (AvgIpc) is 3.56. The fourth-order valence-electron chi connectivity index (χ4n) is 7.52. The Morgan fingerprint density at radius 1 is 0.964 bits per heavy atom. The number of aliphatic carboxylic acids is 1. The van der Waals surface area contributed by atoms with E-state index in [2.05, 4.69) is 16.0 Å². The highest BCUT2D eigenvalue weighted by Gasteiger charge is 2.46. The second-order valence-corrected chi connectivity index (χ2v) is 17.6. The number of amides is 4. The Bertz CT molecular complexity index is 1470. The molecule has 308 valence electrons. The SMILES string of the molecule is CC(C)C[C@@H](/C=C/[C@H](Cc1ccccc1)C(=O)N1CCC[C@H]1C(=O)N[C@@H](CCCNC(=O)OC1CC(C)(C)N(O)C(C)(C)C1)C(=O)O)NC(=O)OC(C)(C)C. The number of ether oxygens (including phenoxy) is 2. The van der Waals surface area contributed by atoms with E-state index in [1.165, 1.54) is 9.96 Å². The normalized spacial score (nSPS) is 20.4. The van der Waals surface area contributed by atoms with E-state index in [-0.39, 0.29) is 31.2 Å². The molecule has 5 N–H and O–H groups in total. The van der Waals surface area contributed by atoms with Crippen LogP contribution in [0.4, 0.5) is 9.59 Å². The first-order chi connectivity index (χ1) is 25.6. The maximum absolute atomic E-state index is 14.2. The van der Waals surface area contributed by atoms with E-state index in [9.17, 15) is 34.3 Å². The van der Waals surface area contributed by atoms with Crippen molar-refractivity contribution in [3.8, 4) is 0 Å². The molecule has 2 aliphatic heterocycles. The summed E-state index contributed by atoms with van der Waals surface area (Å²) in [7, 11) is 0. The fourth-order valence-corrected chi connectivity index (χ4v) is 7.52. The van der Waals surface area contributed by atoms with Crippen molar-refractivity contribution >= 4 is 30.0 Å². The molecule has 2 heterocycles. The topological polar surface area (TPSA) is 187 Å². The fraction of sp³-hybridized carbons (Fsp3) is 0.683. The molecule has 2 saturated heterocycles. The molecule has 14 heteroatoms. The highest BCUT2D eigenvalue weighted by atomic mass is 16.6. The second kappa shape index (κ2) is 19.6. The lowest BCUT2D eigenvalue weighted by Crippen LogP contribution is -2.60. The van der Waals surface area contributed by atoms with E-state index in [1.54, 1.807) is 26.8 Å². The van der Waals surface area contributed by atoms with Gasteiger partial charge in [-0.1, -0.05) is 56.3 Å². The Morgan fingerprint density at radius 3 is 2.18 bits per heavy atom. The van der Waals surface area contributed by atoms with Crippen molar-refractivity contribution in [3.05, 3.63) is 48.0 Å². The van der Waals surface area contributed by atoms with Gasteiger partial charge in [-0.3, -0.25) is 9.59 Å². The van der Waals surface area contributed by atoms with E-state index in [0.717, 1.165) is 5.56 Å². The molecule has 4 atom stereocenters. The number of carboxylic acid groups (broad SMARTS) is 1. The lowest BCUT2D eigenvalue weighted by atomic mass is 9.80. The molecule has 1 aromatic rings. The van der Waals surface area contributed by atoms with Crippen LogP contribution < -0.4 is 16.0 Å². The lowest BCUT2D eigenvalue weighted by Gasteiger charge is -2.50. The Morgan fingerprint density at radius 2 is 1.60 bits per heavy atom. The lowest BCUT2D eigenvalue weighted by molar-refractivity contribution is -0.256. The van der Waals surface area contributed by atoms with Crippen LogP contribution in [0.3, 0.4) is 0 Å². The zero-order valence-corrected chi connectivity index (χ0v) is 34.2. The van der Waals surface area contributed by atoms with Gasteiger partial charge >= 0.3 is 18.2 Å². The minimum absolute atomic E-state index is 0.0479. The van der Waals surface area contributed by atoms with Gasteiger partial charge < -0.3 is 40.6 Å². The quantitative estimate of drug-likeness (QED) is 0.101. The van der Waals surface area contributed by atoms with Crippen molar-refractivity contribution < 1.29 is 43.8 Å². The highest BCUT2D eigenvalue weighted by Crippen LogP contribution is 2.38. The minimum atomic E-state index is -1.23. The molecule has 0 saturated carbocycles. The van der Waals surface area contributed by atoms with Crippen LogP contribution in [0.25, 0.3) is 0 Å². The van der Waals surface area contributed by atoms with Crippen LogP contribution in [0.5, 0.6) is 0 Å². The Labute approximate surface area is 326 Å².